The Hall–Kier alpha value is -2.26. The smallest absolute Gasteiger partial charge is 0.296 e. The molecule has 156 valence electrons. The zero-order valence-corrected chi connectivity index (χ0v) is 17.5. The quantitative estimate of drug-likeness (QED) is 0.774. The zero-order valence-electron chi connectivity index (χ0n) is 17.5. The third-order valence-corrected chi connectivity index (χ3v) is 6.53. The van der Waals surface area contributed by atoms with Crippen LogP contribution < -0.4 is 15.0 Å². The number of amides is 1. The first kappa shape index (κ1) is 20.0. The minimum absolute atomic E-state index is 0.127. The maximum absolute atomic E-state index is 11.6. The lowest BCUT2D eigenvalue weighted by Gasteiger charge is -2.37. The van der Waals surface area contributed by atoms with Gasteiger partial charge in [-0.15, -0.1) is 0 Å². The molecule has 29 heavy (non-hydrogen) atoms. The largest absolute Gasteiger partial charge is 0.489 e. The minimum atomic E-state index is -0.127. The lowest BCUT2D eigenvalue weighted by atomic mass is 9.84. The Morgan fingerprint density at radius 2 is 2.03 bits per heavy atom. The van der Waals surface area contributed by atoms with Crippen LogP contribution in [-0.4, -0.2) is 61.2 Å². The van der Waals surface area contributed by atoms with Gasteiger partial charge in [-0.25, -0.2) is 4.98 Å². The first-order valence-electron chi connectivity index (χ1n) is 11.0. The molecule has 1 aliphatic carbocycles. The van der Waals surface area contributed by atoms with Gasteiger partial charge in [0.15, 0.2) is 11.6 Å². The van der Waals surface area contributed by atoms with E-state index in [1.54, 1.807) is 6.92 Å². The maximum Gasteiger partial charge on any atom is 0.296 e. The topological polar surface area (TPSA) is 57.7 Å². The van der Waals surface area contributed by atoms with Gasteiger partial charge in [-0.2, -0.15) is 0 Å². The minimum Gasteiger partial charge on any atom is -0.489 e. The van der Waals surface area contributed by atoms with Crippen molar-refractivity contribution in [3.8, 4) is 17.6 Å². The number of piperazine rings is 1. The summed E-state index contributed by atoms with van der Waals surface area (Å²) in [5.41, 5.74) is 1.30. The van der Waals surface area contributed by atoms with Crippen LogP contribution in [0.25, 0.3) is 0 Å². The number of carbonyl (C=O) groups excluding carboxylic acids is 1. The molecule has 6 nitrogen and oxygen atoms in total. The van der Waals surface area contributed by atoms with E-state index in [1.807, 2.05) is 6.20 Å². The summed E-state index contributed by atoms with van der Waals surface area (Å²) in [4.78, 5) is 21.2. The number of hydrogen-bond acceptors (Lipinski definition) is 5. The molecule has 2 aliphatic heterocycles. The molecule has 0 unspecified atom stereocenters. The van der Waals surface area contributed by atoms with E-state index < -0.39 is 0 Å². The second-order valence-electron chi connectivity index (χ2n) is 8.40. The summed E-state index contributed by atoms with van der Waals surface area (Å²) in [6, 6.07) is 2.39. The second-order valence-corrected chi connectivity index (χ2v) is 8.40. The number of ether oxygens (including phenoxy) is 1. The molecule has 0 bridgehead atoms. The van der Waals surface area contributed by atoms with Gasteiger partial charge in [-0.1, -0.05) is 5.92 Å². The van der Waals surface area contributed by atoms with Gasteiger partial charge in [0, 0.05) is 50.4 Å². The fourth-order valence-corrected chi connectivity index (χ4v) is 4.80. The number of aromatic nitrogens is 1. The Morgan fingerprint density at radius 3 is 2.79 bits per heavy atom. The van der Waals surface area contributed by atoms with Gasteiger partial charge in [0.25, 0.3) is 5.91 Å². The molecular weight excluding hydrogens is 364 g/mol. The van der Waals surface area contributed by atoms with Crippen molar-refractivity contribution in [1.29, 1.82) is 0 Å². The molecule has 2 fully saturated rings. The number of nitrogens with one attached hydrogen (secondary N) is 1. The fourth-order valence-electron chi connectivity index (χ4n) is 4.80. The van der Waals surface area contributed by atoms with Gasteiger partial charge in [-0.3, -0.25) is 9.69 Å². The van der Waals surface area contributed by atoms with Gasteiger partial charge in [0.2, 0.25) is 0 Å². The highest BCUT2D eigenvalue weighted by molar-refractivity contribution is 5.93. The average molecular weight is 397 g/mol. The first-order chi connectivity index (χ1) is 14.2. The number of hydrogen-bond donors (Lipinski definition) is 1. The van der Waals surface area contributed by atoms with Crippen LogP contribution in [-0.2, 0) is 11.2 Å². The Kier molecular flexibility index (Phi) is 6.56. The number of fused-ring (bicyclic) bond motifs is 1. The van der Waals surface area contributed by atoms with Crippen molar-refractivity contribution in [2.24, 2.45) is 5.92 Å². The summed E-state index contributed by atoms with van der Waals surface area (Å²) in [5.74, 6) is 7.94. The van der Waals surface area contributed by atoms with Crippen LogP contribution in [0.15, 0.2) is 12.3 Å². The Morgan fingerprint density at radius 1 is 1.24 bits per heavy atom. The molecule has 4 rings (SSSR count). The van der Waals surface area contributed by atoms with Crippen molar-refractivity contribution in [2.45, 2.75) is 51.5 Å². The van der Waals surface area contributed by atoms with Crippen LogP contribution >= 0.6 is 0 Å². The van der Waals surface area contributed by atoms with E-state index in [1.165, 1.54) is 31.4 Å². The van der Waals surface area contributed by atoms with Crippen LogP contribution in [0.3, 0.4) is 0 Å². The normalized spacial score (nSPS) is 24.2. The van der Waals surface area contributed by atoms with Crippen molar-refractivity contribution in [1.82, 2.24) is 15.2 Å². The van der Waals surface area contributed by atoms with Crippen LogP contribution in [0.5, 0.6) is 5.75 Å². The molecule has 0 aromatic carbocycles. The predicted molar refractivity (Wildman–Crippen MR) is 114 cm³/mol. The Labute approximate surface area is 174 Å². The van der Waals surface area contributed by atoms with Gasteiger partial charge < -0.3 is 15.0 Å². The summed E-state index contributed by atoms with van der Waals surface area (Å²) in [7, 11) is 0. The fraction of sp³-hybridized carbons (Fsp3) is 0.652. The molecular formula is C23H32N4O2. The number of pyridine rings is 1. The van der Waals surface area contributed by atoms with E-state index in [0.717, 1.165) is 69.5 Å². The molecule has 1 aromatic rings. The standard InChI is InChI=1S/C23H32N4O2/c1-2-3-21(28)25-20-6-4-18(5-7-20)9-12-26-13-15-27(16-14-26)23-22-19(8-11-24-23)10-17-29-22/h8,11,18,20H,4-7,9-10,12-17H2,1H3,(H,25,28). The highest BCUT2D eigenvalue weighted by Gasteiger charge is 2.26. The third kappa shape index (κ3) is 5.02. The van der Waals surface area contributed by atoms with Gasteiger partial charge in [0.05, 0.1) is 6.61 Å². The Balaban J connectivity index is 1.17. The van der Waals surface area contributed by atoms with E-state index in [9.17, 15) is 4.79 Å². The number of rotatable bonds is 5. The lowest BCUT2D eigenvalue weighted by Crippen LogP contribution is -2.47. The van der Waals surface area contributed by atoms with Crippen LogP contribution in [0, 0.1) is 17.8 Å². The number of carbonyl (C=O) groups is 1. The van der Waals surface area contributed by atoms with E-state index in [4.69, 9.17) is 4.74 Å². The van der Waals surface area contributed by atoms with E-state index in [2.05, 4.69) is 38.0 Å². The molecule has 3 heterocycles. The molecule has 0 spiro atoms. The van der Waals surface area contributed by atoms with Gasteiger partial charge in [0.1, 0.15) is 0 Å². The molecule has 1 aromatic heterocycles. The van der Waals surface area contributed by atoms with Crippen molar-refractivity contribution in [2.75, 3.05) is 44.2 Å². The van der Waals surface area contributed by atoms with E-state index in [0.29, 0.717) is 6.04 Å². The molecule has 3 aliphatic rings. The SMILES string of the molecule is CC#CC(=O)NC1CCC(CCN2CCN(c3nccc4c3OCC4)CC2)CC1. The monoisotopic (exact) mass is 396 g/mol. The highest BCUT2D eigenvalue weighted by Crippen LogP contribution is 2.34. The summed E-state index contributed by atoms with van der Waals surface area (Å²) in [6.45, 7) is 7.87. The van der Waals surface area contributed by atoms with Crippen molar-refractivity contribution in [3.05, 3.63) is 17.8 Å². The molecule has 6 heteroatoms. The van der Waals surface area contributed by atoms with Crippen LogP contribution in [0.4, 0.5) is 5.82 Å². The molecule has 0 atom stereocenters. The molecule has 1 N–H and O–H groups in total. The van der Waals surface area contributed by atoms with Crippen LogP contribution in [0.2, 0.25) is 0 Å². The molecule has 1 saturated heterocycles. The number of nitrogens with zero attached hydrogens (tertiary/aromatic N) is 3. The van der Waals surface area contributed by atoms with Crippen molar-refractivity contribution >= 4 is 11.7 Å². The second kappa shape index (κ2) is 9.49. The summed E-state index contributed by atoms with van der Waals surface area (Å²) < 4.78 is 5.83. The summed E-state index contributed by atoms with van der Waals surface area (Å²) >= 11 is 0. The lowest BCUT2D eigenvalue weighted by molar-refractivity contribution is -0.116. The van der Waals surface area contributed by atoms with E-state index >= 15 is 0 Å². The van der Waals surface area contributed by atoms with E-state index in [-0.39, 0.29) is 5.91 Å². The van der Waals surface area contributed by atoms with Crippen molar-refractivity contribution in [3.63, 3.8) is 0 Å². The average Bonchev–Trinajstić information content (AvgIpc) is 3.23. The van der Waals surface area contributed by atoms with Gasteiger partial charge >= 0.3 is 0 Å². The van der Waals surface area contributed by atoms with Gasteiger partial charge in [-0.05, 0) is 63.5 Å². The van der Waals surface area contributed by atoms with Crippen molar-refractivity contribution < 1.29 is 9.53 Å². The highest BCUT2D eigenvalue weighted by atomic mass is 16.5. The third-order valence-electron chi connectivity index (χ3n) is 6.53. The first-order valence-corrected chi connectivity index (χ1v) is 11.0. The predicted octanol–water partition coefficient (Wildman–Crippen LogP) is 2.23. The summed E-state index contributed by atoms with van der Waals surface area (Å²) in [6.07, 6.45) is 8.77. The maximum atomic E-state index is 11.6. The Bertz CT molecular complexity index is 769. The number of anilines is 1. The summed E-state index contributed by atoms with van der Waals surface area (Å²) in [5, 5.41) is 3.04. The molecule has 0 radical (unpaired) electrons. The molecule has 1 saturated carbocycles. The zero-order chi connectivity index (χ0) is 20.1. The molecule has 1 amide bonds. The van der Waals surface area contributed by atoms with Crippen LogP contribution in [0.1, 0.15) is 44.6 Å².